The minimum Gasteiger partial charge on any atom is -0.338 e. The quantitative estimate of drug-likeness (QED) is 0.735. The maximum atomic E-state index is 13.7. The van der Waals surface area contributed by atoms with Gasteiger partial charge in [0, 0.05) is 30.1 Å². The first kappa shape index (κ1) is 14.3. The molecule has 0 spiro atoms. The summed E-state index contributed by atoms with van der Waals surface area (Å²) in [6.07, 6.45) is 3.19. The van der Waals surface area contributed by atoms with Gasteiger partial charge in [-0.15, -0.1) is 0 Å². The van der Waals surface area contributed by atoms with Crippen LogP contribution in [0.3, 0.4) is 0 Å². The van der Waals surface area contributed by atoms with Crippen molar-refractivity contribution in [2.45, 2.75) is 0 Å². The second kappa shape index (κ2) is 6.03. The number of hydrogen-bond acceptors (Lipinski definition) is 4. The van der Waals surface area contributed by atoms with Crippen molar-refractivity contribution in [2.24, 2.45) is 0 Å². The maximum Gasteiger partial charge on any atom is 0.163 e. The fourth-order valence-electron chi connectivity index (χ4n) is 1.84. The van der Waals surface area contributed by atoms with Gasteiger partial charge in [-0.25, -0.2) is 18.7 Å². The lowest BCUT2D eigenvalue weighted by Crippen LogP contribution is -2.00. The van der Waals surface area contributed by atoms with Gasteiger partial charge in [0.25, 0.3) is 0 Å². The average molecular weight is 319 g/mol. The predicted octanol–water partition coefficient (Wildman–Crippen LogP) is 4.21. The van der Waals surface area contributed by atoms with E-state index in [2.05, 4.69) is 20.3 Å². The lowest BCUT2D eigenvalue weighted by atomic mass is 10.2. The number of rotatable bonds is 3. The van der Waals surface area contributed by atoms with Gasteiger partial charge in [-0.05, 0) is 24.3 Å². The van der Waals surface area contributed by atoms with Crippen molar-refractivity contribution in [1.82, 2.24) is 15.0 Å². The molecule has 0 aliphatic heterocycles. The lowest BCUT2D eigenvalue weighted by molar-refractivity contribution is 0.603. The molecule has 22 heavy (non-hydrogen) atoms. The Kier molecular flexibility index (Phi) is 3.93. The van der Waals surface area contributed by atoms with E-state index in [0.29, 0.717) is 11.4 Å². The Labute approximate surface area is 129 Å². The zero-order valence-corrected chi connectivity index (χ0v) is 11.9. The molecule has 0 aliphatic carbocycles. The molecular weight excluding hydrogens is 310 g/mol. The number of nitrogens with one attached hydrogen (secondary N) is 1. The third-order valence-corrected chi connectivity index (χ3v) is 3.02. The van der Waals surface area contributed by atoms with Gasteiger partial charge < -0.3 is 5.32 Å². The standard InChI is InChI=1S/C15H9ClF2N4/c16-13-8-14(20-12-7-10(17)1-2-11(12)18)22-15(21-13)9-3-5-19-6-4-9/h1-8H,(H,20,21,22). The maximum absolute atomic E-state index is 13.7. The molecule has 0 radical (unpaired) electrons. The number of benzene rings is 1. The number of halogens is 3. The highest BCUT2D eigenvalue weighted by Crippen LogP contribution is 2.24. The zero-order valence-electron chi connectivity index (χ0n) is 11.1. The third kappa shape index (κ3) is 3.17. The van der Waals surface area contributed by atoms with Crippen LogP contribution in [0.1, 0.15) is 0 Å². The molecule has 3 aromatic rings. The Morgan fingerprint density at radius 2 is 1.73 bits per heavy atom. The summed E-state index contributed by atoms with van der Waals surface area (Å²) in [6.45, 7) is 0. The van der Waals surface area contributed by atoms with Crippen molar-refractivity contribution in [2.75, 3.05) is 5.32 Å². The first-order valence-electron chi connectivity index (χ1n) is 6.29. The van der Waals surface area contributed by atoms with E-state index in [9.17, 15) is 8.78 Å². The van der Waals surface area contributed by atoms with E-state index in [-0.39, 0.29) is 16.7 Å². The molecule has 0 atom stereocenters. The van der Waals surface area contributed by atoms with Crippen molar-refractivity contribution in [3.05, 3.63) is 65.6 Å². The van der Waals surface area contributed by atoms with Crippen LogP contribution in [-0.4, -0.2) is 15.0 Å². The summed E-state index contributed by atoms with van der Waals surface area (Å²) in [5.41, 5.74) is 0.677. The van der Waals surface area contributed by atoms with Crippen LogP contribution in [-0.2, 0) is 0 Å². The van der Waals surface area contributed by atoms with Crippen molar-refractivity contribution < 1.29 is 8.78 Å². The van der Waals surface area contributed by atoms with Crippen molar-refractivity contribution in [3.8, 4) is 11.4 Å². The van der Waals surface area contributed by atoms with Gasteiger partial charge in [0.1, 0.15) is 22.6 Å². The van der Waals surface area contributed by atoms with E-state index in [1.54, 1.807) is 24.5 Å². The highest BCUT2D eigenvalue weighted by Gasteiger charge is 2.09. The molecule has 0 saturated carbocycles. The first-order valence-corrected chi connectivity index (χ1v) is 6.67. The lowest BCUT2D eigenvalue weighted by Gasteiger charge is -2.09. The normalized spacial score (nSPS) is 10.5. The monoisotopic (exact) mass is 318 g/mol. The Hall–Kier alpha value is -2.60. The van der Waals surface area contributed by atoms with Crippen molar-refractivity contribution >= 4 is 23.1 Å². The molecule has 0 fully saturated rings. The van der Waals surface area contributed by atoms with E-state index in [1.807, 2.05) is 0 Å². The molecule has 4 nitrogen and oxygen atoms in total. The number of nitrogens with zero attached hydrogens (tertiary/aromatic N) is 3. The average Bonchev–Trinajstić information content (AvgIpc) is 2.51. The highest BCUT2D eigenvalue weighted by molar-refractivity contribution is 6.29. The molecule has 0 amide bonds. The van der Waals surface area contributed by atoms with Crippen LogP contribution < -0.4 is 5.32 Å². The van der Waals surface area contributed by atoms with Crippen LogP contribution in [0.4, 0.5) is 20.3 Å². The third-order valence-electron chi connectivity index (χ3n) is 2.82. The molecule has 2 heterocycles. The fraction of sp³-hybridized carbons (Fsp3) is 0. The zero-order chi connectivity index (χ0) is 15.5. The van der Waals surface area contributed by atoms with Crippen LogP contribution in [0, 0.1) is 11.6 Å². The molecule has 0 unspecified atom stereocenters. The Morgan fingerprint density at radius 1 is 0.955 bits per heavy atom. The first-order chi connectivity index (χ1) is 10.6. The number of aromatic nitrogens is 3. The minimum atomic E-state index is -0.596. The summed E-state index contributed by atoms with van der Waals surface area (Å²) in [4.78, 5) is 12.3. The summed E-state index contributed by atoms with van der Waals surface area (Å²) in [7, 11) is 0. The summed E-state index contributed by atoms with van der Waals surface area (Å²) in [6, 6.07) is 7.98. The second-order valence-corrected chi connectivity index (χ2v) is 4.77. The van der Waals surface area contributed by atoms with Crippen molar-refractivity contribution in [1.29, 1.82) is 0 Å². The van der Waals surface area contributed by atoms with Gasteiger partial charge in [-0.2, -0.15) is 0 Å². The largest absolute Gasteiger partial charge is 0.338 e. The number of anilines is 2. The SMILES string of the molecule is Fc1ccc(F)c(Nc2cc(Cl)nc(-c3ccncc3)n2)c1. The molecule has 2 aromatic heterocycles. The van der Waals surface area contributed by atoms with Crippen LogP contribution >= 0.6 is 11.6 Å². The number of pyridine rings is 1. The Bertz CT molecular complexity index is 812. The van der Waals surface area contributed by atoms with Gasteiger partial charge in [-0.3, -0.25) is 4.98 Å². The van der Waals surface area contributed by atoms with Crippen molar-refractivity contribution in [3.63, 3.8) is 0 Å². The summed E-state index contributed by atoms with van der Waals surface area (Å²) < 4.78 is 26.9. The molecule has 110 valence electrons. The summed E-state index contributed by atoms with van der Waals surface area (Å²) in [5.74, 6) is -0.537. The minimum absolute atomic E-state index is 0.0320. The number of hydrogen-bond donors (Lipinski definition) is 1. The molecular formula is C15H9ClF2N4. The van der Waals surface area contributed by atoms with Gasteiger partial charge >= 0.3 is 0 Å². The van der Waals surface area contributed by atoms with Gasteiger partial charge in [0.2, 0.25) is 0 Å². The molecule has 7 heteroatoms. The highest BCUT2D eigenvalue weighted by atomic mass is 35.5. The Morgan fingerprint density at radius 3 is 2.50 bits per heavy atom. The topological polar surface area (TPSA) is 50.7 Å². The van der Waals surface area contributed by atoms with Gasteiger partial charge in [0.15, 0.2) is 5.82 Å². The van der Waals surface area contributed by atoms with Gasteiger partial charge in [-0.1, -0.05) is 11.6 Å². The smallest absolute Gasteiger partial charge is 0.163 e. The predicted molar refractivity (Wildman–Crippen MR) is 79.9 cm³/mol. The summed E-state index contributed by atoms with van der Waals surface area (Å²) in [5, 5.41) is 2.88. The van der Waals surface area contributed by atoms with Crippen LogP contribution in [0.5, 0.6) is 0 Å². The van der Waals surface area contributed by atoms with E-state index in [4.69, 9.17) is 11.6 Å². The van der Waals surface area contributed by atoms with E-state index >= 15 is 0 Å². The van der Waals surface area contributed by atoms with Crippen LogP contribution in [0.2, 0.25) is 5.15 Å². The van der Waals surface area contributed by atoms with E-state index in [1.165, 1.54) is 6.07 Å². The Balaban J connectivity index is 1.98. The van der Waals surface area contributed by atoms with Gasteiger partial charge in [0.05, 0.1) is 5.69 Å². The molecule has 0 bridgehead atoms. The molecule has 1 aromatic carbocycles. The van der Waals surface area contributed by atoms with E-state index in [0.717, 1.165) is 18.2 Å². The molecule has 3 rings (SSSR count). The second-order valence-electron chi connectivity index (χ2n) is 4.38. The van der Waals surface area contributed by atoms with Crippen LogP contribution in [0.15, 0.2) is 48.8 Å². The van der Waals surface area contributed by atoms with E-state index < -0.39 is 11.6 Å². The molecule has 1 N–H and O–H groups in total. The van der Waals surface area contributed by atoms with Crippen LogP contribution in [0.25, 0.3) is 11.4 Å². The summed E-state index contributed by atoms with van der Waals surface area (Å²) >= 11 is 5.96. The fourth-order valence-corrected chi connectivity index (χ4v) is 2.03. The molecule has 0 aliphatic rings. The molecule has 0 saturated heterocycles.